The fourth-order valence-corrected chi connectivity index (χ4v) is 0.443. The topological polar surface area (TPSA) is 9.23 Å². The predicted molar refractivity (Wildman–Crippen MR) is 36.5 cm³/mol. The van der Waals surface area contributed by atoms with Crippen molar-refractivity contribution in [3.05, 3.63) is 12.7 Å². The Kier molecular flexibility index (Phi) is 4.18. The maximum absolute atomic E-state index is 12.3. The summed E-state index contributed by atoms with van der Waals surface area (Å²) in [6.45, 7) is 2.73. The average molecular weight is 168 g/mol. The van der Waals surface area contributed by atoms with E-state index in [-0.39, 0.29) is 6.61 Å². The van der Waals surface area contributed by atoms with Crippen LogP contribution in [0, 0.1) is 0 Å². The van der Waals surface area contributed by atoms with E-state index in [2.05, 4.69) is 11.3 Å². The fraction of sp³-hybridized carbons (Fsp3) is 0.714. The molecule has 1 nitrogen and oxygen atoms in total. The number of ether oxygens (including phenoxy) is 1. The molecule has 4 heteroatoms. The summed E-state index contributed by atoms with van der Waals surface area (Å²) < 4.78 is 40.8. The number of halogens is 3. The summed E-state index contributed by atoms with van der Waals surface area (Å²) in [5.74, 6) is -3.39. The maximum Gasteiger partial charge on any atom is 0.301 e. The third-order valence-corrected chi connectivity index (χ3v) is 1.24. The molecule has 0 aromatic rings. The summed E-state index contributed by atoms with van der Waals surface area (Å²) in [5, 5.41) is 0. The molecule has 11 heavy (non-hydrogen) atoms. The van der Waals surface area contributed by atoms with Crippen LogP contribution in [-0.2, 0) is 4.74 Å². The van der Waals surface area contributed by atoms with Gasteiger partial charge in [-0.25, -0.2) is 13.2 Å². The molecular weight excluding hydrogens is 157 g/mol. The van der Waals surface area contributed by atoms with E-state index in [9.17, 15) is 13.2 Å². The van der Waals surface area contributed by atoms with Crippen LogP contribution in [0.4, 0.5) is 13.2 Å². The molecule has 1 unspecified atom stereocenters. The Morgan fingerprint density at radius 1 is 1.64 bits per heavy atom. The van der Waals surface area contributed by atoms with E-state index in [1.807, 2.05) is 0 Å². The van der Waals surface area contributed by atoms with Gasteiger partial charge in [0.1, 0.15) is 6.10 Å². The van der Waals surface area contributed by atoms with Gasteiger partial charge in [0, 0.05) is 0 Å². The van der Waals surface area contributed by atoms with Gasteiger partial charge in [0.2, 0.25) is 0 Å². The van der Waals surface area contributed by atoms with Gasteiger partial charge in [-0.3, -0.25) is 0 Å². The minimum atomic E-state index is -3.39. The lowest BCUT2D eigenvalue weighted by molar-refractivity contribution is -0.133. The van der Waals surface area contributed by atoms with Crippen LogP contribution >= 0.6 is 0 Å². The van der Waals surface area contributed by atoms with Crippen LogP contribution in [0.3, 0.4) is 0 Å². The van der Waals surface area contributed by atoms with Gasteiger partial charge in [0.05, 0.1) is 6.61 Å². The quantitative estimate of drug-likeness (QED) is 0.572. The van der Waals surface area contributed by atoms with Crippen LogP contribution in [0.2, 0.25) is 0 Å². The Labute approximate surface area is 63.8 Å². The number of hydrogen-bond donors (Lipinski definition) is 0. The van der Waals surface area contributed by atoms with Gasteiger partial charge in [-0.2, -0.15) is 0 Å². The third-order valence-electron chi connectivity index (χ3n) is 1.24. The van der Waals surface area contributed by atoms with Gasteiger partial charge in [-0.1, -0.05) is 6.08 Å². The molecule has 1 atom stereocenters. The zero-order valence-electron chi connectivity index (χ0n) is 6.32. The second kappa shape index (κ2) is 4.38. The van der Waals surface area contributed by atoms with Gasteiger partial charge in [-0.15, -0.1) is 6.58 Å². The highest BCUT2D eigenvalue weighted by atomic mass is 19.3. The second-order valence-electron chi connectivity index (χ2n) is 2.16. The SMILES string of the molecule is C=CCOC(C)C(F)(F)CF. The van der Waals surface area contributed by atoms with E-state index in [0.717, 1.165) is 6.92 Å². The molecule has 0 aromatic carbocycles. The zero-order chi connectivity index (χ0) is 8.91. The van der Waals surface area contributed by atoms with Crippen LogP contribution in [0.5, 0.6) is 0 Å². The number of hydrogen-bond acceptors (Lipinski definition) is 1. The zero-order valence-corrected chi connectivity index (χ0v) is 6.32. The molecule has 0 heterocycles. The molecule has 0 aliphatic heterocycles. The van der Waals surface area contributed by atoms with Crippen LogP contribution < -0.4 is 0 Å². The fourth-order valence-electron chi connectivity index (χ4n) is 0.443. The van der Waals surface area contributed by atoms with Crippen LogP contribution in [0.25, 0.3) is 0 Å². The molecule has 0 aromatic heterocycles. The summed E-state index contributed by atoms with van der Waals surface area (Å²) >= 11 is 0. The average Bonchev–Trinajstić information content (AvgIpc) is 2.00. The molecule has 0 saturated heterocycles. The first-order valence-corrected chi connectivity index (χ1v) is 3.21. The molecule has 0 aliphatic carbocycles. The molecule has 0 N–H and O–H groups in total. The smallest absolute Gasteiger partial charge is 0.301 e. The summed E-state index contributed by atoms with van der Waals surface area (Å²) in [6.07, 6.45) is -0.0596. The molecule has 0 bridgehead atoms. The molecule has 0 saturated carbocycles. The standard InChI is InChI=1S/C7H11F3O/c1-3-4-11-6(2)7(9,10)5-8/h3,6H,1,4-5H2,2H3. The number of alkyl halides is 3. The summed E-state index contributed by atoms with van der Waals surface area (Å²) in [4.78, 5) is 0. The minimum absolute atomic E-state index is 0.0107. The molecular formula is C7H11F3O. The van der Waals surface area contributed by atoms with Gasteiger partial charge < -0.3 is 4.74 Å². The van der Waals surface area contributed by atoms with Gasteiger partial charge >= 0.3 is 5.92 Å². The molecule has 0 aliphatic rings. The van der Waals surface area contributed by atoms with Crippen molar-refractivity contribution in [1.82, 2.24) is 0 Å². The van der Waals surface area contributed by atoms with Crippen molar-refractivity contribution in [2.24, 2.45) is 0 Å². The Morgan fingerprint density at radius 2 is 2.18 bits per heavy atom. The minimum Gasteiger partial charge on any atom is -0.368 e. The Bertz CT molecular complexity index is 125. The lowest BCUT2D eigenvalue weighted by atomic mass is 10.2. The lowest BCUT2D eigenvalue weighted by Gasteiger charge is -2.19. The first kappa shape index (κ1) is 10.5. The van der Waals surface area contributed by atoms with Crippen LogP contribution in [0.1, 0.15) is 6.92 Å². The van der Waals surface area contributed by atoms with E-state index in [1.165, 1.54) is 6.08 Å². The van der Waals surface area contributed by atoms with E-state index in [0.29, 0.717) is 0 Å². The van der Waals surface area contributed by atoms with Crippen molar-refractivity contribution in [3.8, 4) is 0 Å². The van der Waals surface area contributed by atoms with Crippen molar-refractivity contribution in [2.45, 2.75) is 19.0 Å². The van der Waals surface area contributed by atoms with Crippen LogP contribution in [-0.4, -0.2) is 25.3 Å². The van der Waals surface area contributed by atoms with Crippen molar-refractivity contribution in [1.29, 1.82) is 0 Å². The van der Waals surface area contributed by atoms with Crippen molar-refractivity contribution >= 4 is 0 Å². The van der Waals surface area contributed by atoms with Crippen molar-refractivity contribution in [3.63, 3.8) is 0 Å². The Balaban J connectivity index is 3.80. The maximum atomic E-state index is 12.3. The van der Waals surface area contributed by atoms with Crippen LogP contribution in [0.15, 0.2) is 12.7 Å². The van der Waals surface area contributed by atoms with E-state index in [1.54, 1.807) is 0 Å². The van der Waals surface area contributed by atoms with E-state index >= 15 is 0 Å². The Hall–Kier alpha value is -0.510. The second-order valence-corrected chi connectivity index (χ2v) is 2.16. The normalized spacial score (nSPS) is 14.5. The predicted octanol–water partition coefficient (Wildman–Crippen LogP) is 2.18. The molecule has 0 amide bonds. The Morgan fingerprint density at radius 3 is 2.55 bits per heavy atom. The summed E-state index contributed by atoms with van der Waals surface area (Å²) in [6, 6.07) is 0. The van der Waals surface area contributed by atoms with E-state index < -0.39 is 18.7 Å². The van der Waals surface area contributed by atoms with Gasteiger partial charge in [0.15, 0.2) is 6.67 Å². The molecule has 66 valence electrons. The summed E-state index contributed by atoms with van der Waals surface area (Å²) in [7, 11) is 0. The molecule has 0 radical (unpaired) electrons. The highest BCUT2D eigenvalue weighted by molar-refractivity contribution is 4.75. The molecule has 0 spiro atoms. The van der Waals surface area contributed by atoms with Crippen molar-refractivity contribution < 1.29 is 17.9 Å². The summed E-state index contributed by atoms with van der Waals surface area (Å²) in [5.41, 5.74) is 0. The highest BCUT2D eigenvalue weighted by Crippen LogP contribution is 2.21. The lowest BCUT2D eigenvalue weighted by Crippen LogP contribution is -2.35. The molecule has 0 rings (SSSR count). The first-order chi connectivity index (χ1) is 5.04. The van der Waals surface area contributed by atoms with Gasteiger partial charge in [-0.05, 0) is 6.92 Å². The first-order valence-electron chi connectivity index (χ1n) is 3.21. The van der Waals surface area contributed by atoms with Gasteiger partial charge in [0.25, 0.3) is 0 Å². The monoisotopic (exact) mass is 168 g/mol. The molecule has 0 fully saturated rings. The van der Waals surface area contributed by atoms with E-state index in [4.69, 9.17) is 0 Å². The highest BCUT2D eigenvalue weighted by Gasteiger charge is 2.37. The number of rotatable bonds is 5. The van der Waals surface area contributed by atoms with Crippen molar-refractivity contribution in [2.75, 3.05) is 13.3 Å². The third kappa shape index (κ3) is 3.41. The largest absolute Gasteiger partial charge is 0.368 e.